The molecule has 148 valence electrons. The van der Waals surface area contributed by atoms with E-state index in [1.807, 2.05) is 38.1 Å². The molecular weight excluding hydrogens is 470 g/mol. The van der Waals surface area contributed by atoms with Crippen LogP contribution in [-0.4, -0.2) is 17.5 Å². The summed E-state index contributed by atoms with van der Waals surface area (Å²) in [4.78, 5) is 8.93. The van der Waals surface area contributed by atoms with Crippen molar-refractivity contribution in [3.05, 3.63) is 77.4 Å². The number of aliphatic imine (C=N–C) groups is 1. The summed E-state index contributed by atoms with van der Waals surface area (Å²) in [5.41, 5.74) is 3.44. The van der Waals surface area contributed by atoms with E-state index in [0.29, 0.717) is 30.5 Å². The molecule has 0 spiro atoms. The minimum Gasteiger partial charge on any atom is -0.444 e. The molecule has 2 aromatic carbocycles. The van der Waals surface area contributed by atoms with Crippen LogP contribution in [-0.2, 0) is 13.1 Å². The Bertz CT molecular complexity index is 909. The first-order valence-corrected chi connectivity index (χ1v) is 8.92. The molecule has 0 aliphatic rings. The Morgan fingerprint density at radius 1 is 1.11 bits per heavy atom. The molecule has 0 saturated carbocycles. The number of halogens is 2. The Morgan fingerprint density at radius 2 is 1.86 bits per heavy atom. The van der Waals surface area contributed by atoms with E-state index < -0.39 is 0 Å². The van der Waals surface area contributed by atoms with Gasteiger partial charge in [0.2, 0.25) is 5.89 Å². The Kier molecular flexibility index (Phi) is 8.43. The highest BCUT2D eigenvalue weighted by molar-refractivity contribution is 14.0. The molecule has 5 nitrogen and oxygen atoms in total. The maximum Gasteiger partial charge on any atom is 0.226 e. The summed E-state index contributed by atoms with van der Waals surface area (Å²) in [5, 5.41) is 6.34. The molecule has 0 unspecified atom stereocenters. The summed E-state index contributed by atoms with van der Waals surface area (Å²) in [5.74, 6) is 0.928. The smallest absolute Gasteiger partial charge is 0.226 e. The van der Waals surface area contributed by atoms with E-state index in [9.17, 15) is 4.39 Å². The highest BCUT2D eigenvalue weighted by Crippen LogP contribution is 2.19. The van der Waals surface area contributed by atoms with E-state index in [4.69, 9.17) is 4.42 Å². The number of benzene rings is 2. The zero-order valence-corrected chi connectivity index (χ0v) is 18.2. The van der Waals surface area contributed by atoms with Crippen LogP contribution in [0.15, 0.2) is 64.2 Å². The lowest BCUT2D eigenvalue weighted by Gasteiger charge is -2.10. The highest BCUT2D eigenvalue weighted by atomic mass is 127. The maximum absolute atomic E-state index is 13.7. The molecule has 0 radical (unpaired) electrons. The molecule has 1 aromatic heterocycles. The van der Waals surface area contributed by atoms with Crippen molar-refractivity contribution in [2.24, 2.45) is 4.99 Å². The van der Waals surface area contributed by atoms with Crippen molar-refractivity contribution < 1.29 is 8.81 Å². The van der Waals surface area contributed by atoms with Gasteiger partial charge in [0.25, 0.3) is 0 Å². The Labute approximate surface area is 181 Å². The van der Waals surface area contributed by atoms with Crippen LogP contribution in [0.4, 0.5) is 4.39 Å². The quantitative estimate of drug-likeness (QED) is 0.297. The van der Waals surface area contributed by atoms with Crippen molar-refractivity contribution in [2.75, 3.05) is 6.54 Å². The second-order valence-corrected chi connectivity index (χ2v) is 6.15. The van der Waals surface area contributed by atoms with Gasteiger partial charge in [0.15, 0.2) is 5.96 Å². The molecule has 0 aliphatic heterocycles. The number of oxazole rings is 1. The Hall–Kier alpha value is -2.42. The fourth-order valence-electron chi connectivity index (χ4n) is 2.52. The molecule has 2 N–H and O–H groups in total. The van der Waals surface area contributed by atoms with Gasteiger partial charge < -0.3 is 15.1 Å². The van der Waals surface area contributed by atoms with Gasteiger partial charge in [0, 0.05) is 17.7 Å². The molecule has 3 rings (SSSR count). The lowest BCUT2D eigenvalue weighted by molar-refractivity contribution is 0.572. The van der Waals surface area contributed by atoms with Crippen molar-refractivity contribution in [3.8, 4) is 11.5 Å². The van der Waals surface area contributed by atoms with Crippen molar-refractivity contribution in [2.45, 2.75) is 26.9 Å². The van der Waals surface area contributed by atoms with Crippen LogP contribution >= 0.6 is 24.0 Å². The van der Waals surface area contributed by atoms with Crippen LogP contribution in [0.3, 0.4) is 0 Å². The van der Waals surface area contributed by atoms with Gasteiger partial charge in [-0.25, -0.2) is 14.4 Å². The molecule has 0 atom stereocenters. The number of nitrogens with one attached hydrogen (secondary N) is 2. The van der Waals surface area contributed by atoms with Gasteiger partial charge >= 0.3 is 0 Å². The number of hydrogen-bond donors (Lipinski definition) is 2. The van der Waals surface area contributed by atoms with E-state index in [1.54, 1.807) is 24.5 Å². The molecule has 0 saturated heterocycles. The third kappa shape index (κ3) is 6.05. The van der Waals surface area contributed by atoms with Gasteiger partial charge in [0.05, 0.1) is 18.8 Å². The first-order valence-electron chi connectivity index (χ1n) is 8.92. The third-order valence-corrected chi connectivity index (χ3v) is 4.00. The second-order valence-electron chi connectivity index (χ2n) is 6.15. The van der Waals surface area contributed by atoms with Gasteiger partial charge in [-0.15, -0.1) is 24.0 Å². The second kappa shape index (κ2) is 10.8. The van der Waals surface area contributed by atoms with E-state index >= 15 is 0 Å². The standard InChI is InChI=1S/C21H23FN4O.HI/c1-3-23-21(24-12-17-6-4-5-7-19(17)22)25-13-18-14-27-20(26-18)16-10-8-15(2)9-11-16;/h4-11,14H,3,12-13H2,1-2H3,(H2,23,24,25);1H. The Balaban J connectivity index is 0.00000280. The summed E-state index contributed by atoms with van der Waals surface area (Å²) in [6.45, 7) is 5.44. The molecule has 7 heteroatoms. The number of guanidine groups is 1. The van der Waals surface area contributed by atoms with Crippen molar-refractivity contribution in [3.63, 3.8) is 0 Å². The van der Waals surface area contributed by atoms with Crippen molar-refractivity contribution in [1.29, 1.82) is 0 Å². The SMILES string of the molecule is CCNC(=NCc1ccccc1F)NCc1coc(-c2ccc(C)cc2)n1.I. The monoisotopic (exact) mass is 494 g/mol. The van der Waals surface area contributed by atoms with Gasteiger partial charge in [0.1, 0.15) is 12.1 Å². The van der Waals surface area contributed by atoms with Crippen molar-refractivity contribution >= 4 is 29.9 Å². The molecule has 0 fully saturated rings. The first-order chi connectivity index (χ1) is 13.2. The first kappa shape index (κ1) is 21.9. The molecule has 0 bridgehead atoms. The van der Waals surface area contributed by atoms with Crippen LogP contribution in [0.5, 0.6) is 0 Å². The molecule has 28 heavy (non-hydrogen) atoms. The van der Waals surface area contributed by atoms with E-state index in [-0.39, 0.29) is 36.3 Å². The van der Waals surface area contributed by atoms with Crippen LogP contribution < -0.4 is 10.6 Å². The average molecular weight is 494 g/mol. The number of hydrogen-bond acceptors (Lipinski definition) is 3. The Morgan fingerprint density at radius 3 is 2.57 bits per heavy atom. The van der Waals surface area contributed by atoms with Crippen LogP contribution in [0.25, 0.3) is 11.5 Å². The summed E-state index contributed by atoms with van der Waals surface area (Å²) in [6, 6.07) is 14.7. The lowest BCUT2D eigenvalue weighted by Crippen LogP contribution is -2.36. The lowest BCUT2D eigenvalue weighted by atomic mass is 10.1. The normalized spacial score (nSPS) is 11.0. The fourth-order valence-corrected chi connectivity index (χ4v) is 2.52. The van der Waals surface area contributed by atoms with Crippen molar-refractivity contribution in [1.82, 2.24) is 15.6 Å². The average Bonchev–Trinajstić information content (AvgIpc) is 3.15. The van der Waals surface area contributed by atoms with E-state index in [0.717, 1.165) is 11.3 Å². The number of aryl methyl sites for hydroxylation is 1. The van der Waals surface area contributed by atoms with E-state index in [1.165, 1.54) is 11.6 Å². The van der Waals surface area contributed by atoms with Gasteiger partial charge in [-0.3, -0.25) is 0 Å². The minimum atomic E-state index is -0.253. The highest BCUT2D eigenvalue weighted by Gasteiger charge is 2.08. The number of aromatic nitrogens is 1. The van der Waals surface area contributed by atoms with E-state index in [2.05, 4.69) is 20.6 Å². The van der Waals surface area contributed by atoms with Crippen LogP contribution in [0.2, 0.25) is 0 Å². The third-order valence-electron chi connectivity index (χ3n) is 4.00. The topological polar surface area (TPSA) is 62.5 Å². The molecule has 0 amide bonds. The summed E-state index contributed by atoms with van der Waals surface area (Å²) in [7, 11) is 0. The predicted octanol–water partition coefficient (Wildman–Crippen LogP) is 4.66. The molecule has 1 heterocycles. The summed E-state index contributed by atoms with van der Waals surface area (Å²) >= 11 is 0. The number of rotatable bonds is 6. The van der Waals surface area contributed by atoms with Gasteiger partial charge in [-0.05, 0) is 32.0 Å². The predicted molar refractivity (Wildman–Crippen MR) is 120 cm³/mol. The number of nitrogens with zero attached hydrogens (tertiary/aromatic N) is 2. The molecular formula is C21H24FIN4O. The minimum absolute atomic E-state index is 0. The van der Waals surface area contributed by atoms with Gasteiger partial charge in [-0.2, -0.15) is 0 Å². The van der Waals surface area contributed by atoms with Gasteiger partial charge in [-0.1, -0.05) is 35.9 Å². The maximum atomic E-state index is 13.7. The fraction of sp³-hybridized carbons (Fsp3) is 0.238. The summed E-state index contributed by atoms with van der Waals surface area (Å²) < 4.78 is 19.3. The van der Waals surface area contributed by atoms with Crippen LogP contribution in [0, 0.1) is 12.7 Å². The molecule has 0 aliphatic carbocycles. The summed E-state index contributed by atoms with van der Waals surface area (Å²) in [6.07, 6.45) is 1.63. The zero-order valence-electron chi connectivity index (χ0n) is 15.9. The molecule has 3 aromatic rings. The van der Waals surface area contributed by atoms with Crippen LogP contribution in [0.1, 0.15) is 23.7 Å². The zero-order chi connectivity index (χ0) is 19.1. The largest absolute Gasteiger partial charge is 0.444 e.